The fourth-order valence-corrected chi connectivity index (χ4v) is 2.64. The van der Waals surface area contributed by atoms with Gasteiger partial charge < -0.3 is 15.2 Å². The number of carboxylic acid groups (broad SMARTS) is 1. The molecule has 0 saturated carbocycles. The lowest BCUT2D eigenvalue weighted by molar-refractivity contribution is -0.146. The molecule has 1 rings (SSSR count). The molecule has 0 heterocycles. The third-order valence-corrected chi connectivity index (χ3v) is 4.77. The van der Waals surface area contributed by atoms with Crippen LogP contribution in [0, 0.1) is 5.41 Å². The average Bonchev–Trinajstić information content (AvgIpc) is 2.53. The van der Waals surface area contributed by atoms with Crippen LogP contribution in [0.15, 0.2) is 29.2 Å². The lowest BCUT2D eigenvalue weighted by Crippen LogP contribution is -2.38. The van der Waals surface area contributed by atoms with Crippen molar-refractivity contribution < 1.29 is 27.9 Å². The zero-order chi connectivity index (χ0) is 18.4. The average molecular weight is 358 g/mol. The van der Waals surface area contributed by atoms with E-state index in [1.165, 1.54) is 45.2 Å². The number of methoxy groups -OCH3 is 1. The monoisotopic (exact) mass is 358 g/mol. The Morgan fingerprint density at radius 3 is 2.29 bits per heavy atom. The maximum absolute atomic E-state index is 12.0. The van der Waals surface area contributed by atoms with Crippen molar-refractivity contribution >= 4 is 21.9 Å². The minimum Gasteiger partial charge on any atom is -0.481 e. The Morgan fingerprint density at radius 1 is 1.21 bits per heavy atom. The van der Waals surface area contributed by atoms with Crippen LogP contribution in [0.25, 0.3) is 0 Å². The van der Waals surface area contributed by atoms with Crippen LogP contribution in [-0.4, -0.2) is 52.2 Å². The van der Waals surface area contributed by atoms with Crippen molar-refractivity contribution in [2.45, 2.75) is 18.7 Å². The Kier molecular flexibility index (Phi) is 6.88. The second-order valence-corrected chi connectivity index (χ2v) is 7.55. The molecule has 0 bridgehead atoms. The second-order valence-electron chi connectivity index (χ2n) is 5.79. The van der Waals surface area contributed by atoms with Crippen LogP contribution in [-0.2, 0) is 19.6 Å². The topological polar surface area (TPSA) is 122 Å². The van der Waals surface area contributed by atoms with Gasteiger partial charge in [-0.15, -0.1) is 0 Å². The first-order chi connectivity index (χ1) is 11.1. The number of sulfonamides is 1. The Balaban J connectivity index is 2.73. The van der Waals surface area contributed by atoms with Crippen molar-refractivity contribution in [1.29, 1.82) is 0 Å². The number of nitrogens with one attached hydrogen (secondary N) is 2. The zero-order valence-electron chi connectivity index (χ0n) is 13.8. The quantitative estimate of drug-likeness (QED) is 0.551. The van der Waals surface area contributed by atoms with Gasteiger partial charge in [0.05, 0.1) is 16.9 Å². The maximum atomic E-state index is 12.0. The summed E-state index contributed by atoms with van der Waals surface area (Å²) in [6.45, 7) is 3.35. The van der Waals surface area contributed by atoms with E-state index in [2.05, 4.69) is 10.0 Å². The molecule has 0 aliphatic rings. The Bertz CT molecular complexity index is 682. The second kappa shape index (κ2) is 8.22. The van der Waals surface area contributed by atoms with E-state index in [0.717, 1.165) is 0 Å². The fourth-order valence-electron chi connectivity index (χ4n) is 1.63. The van der Waals surface area contributed by atoms with Gasteiger partial charge in [-0.1, -0.05) is 0 Å². The van der Waals surface area contributed by atoms with E-state index in [1.807, 2.05) is 0 Å². The van der Waals surface area contributed by atoms with Crippen LogP contribution in [0.1, 0.15) is 24.2 Å². The third-order valence-electron chi connectivity index (χ3n) is 3.29. The largest absolute Gasteiger partial charge is 0.481 e. The highest BCUT2D eigenvalue weighted by molar-refractivity contribution is 7.89. The molecule has 0 aliphatic carbocycles. The van der Waals surface area contributed by atoms with Gasteiger partial charge in [0.15, 0.2) is 0 Å². The standard InChI is InChI=1S/C15H22N2O6S/c1-15(2,14(19)20)10-16-13(18)11-4-6-12(7-5-11)24(21,22)17-8-9-23-3/h4-7,17H,8-10H2,1-3H3,(H,16,18)(H,19,20). The number of amides is 1. The molecule has 1 aromatic rings. The van der Waals surface area contributed by atoms with Crippen molar-refractivity contribution in [3.63, 3.8) is 0 Å². The minimum absolute atomic E-state index is 0.0287. The highest BCUT2D eigenvalue weighted by atomic mass is 32.2. The number of carbonyl (C=O) groups excluding carboxylic acids is 1. The lowest BCUT2D eigenvalue weighted by atomic mass is 9.94. The van der Waals surface area contributed by atoms with E-state index < -0.39 is 27.3 Å². The number of hydrogen-bond donors (Lipinski definition) is 3. The molecule has 0 fully saturated rings. The van der Waals surface area contributed by atoms with Crippen molar-refractivity contribution in [3.8, 4) is 0 Å². The molecule has 1 aromatic carbocycles. The fraction of sp³-hybridized carbons (Fsp3) is 0.467. The summed E-state index contributed by atoms with van der Waals surface area (Å²) in [5.74, 6) is -1.49. The van der Waals surface area contributed by atoms with Gasteiger partial charge >= 0.3 is 5.97 Å². The number of carbonyl (C=O) groups is 2. The molecule has 134 valence electrons. The summed E-state index contributed by atoms with van der Waals surface area (Å²) in [4.78, 5) is 23.0. The van der Waals surface area contributed by atoms with Crippen molar-refractivity contribution in [2.75, 3.05) is 26.8 Å². The zero-order valence-corrected chi connectivity index (χ0v) is 14.6. The number of aliphatic carboxylic acids is 1. The molecule has 3 N–H and O–H groups in total. The van der Waals surface area contributed by atoms with Crippen LogP contribution < -0.4 is 10.0 Å². The number of carboxylic acids is 1. The van der Waals surface area contributed by atoms with Gasteiger partial charge in [0, 0.05) is 25.8 Å². The minimum atomic E-state index is -3.66. The van der Waals surface area contributed by atoms with E-state index in [0.29, 0.717) is 0 Å². The summed E-state index contributed by atoms with van der Waals surface area (Å²) in [5, 5.41) is 11.5. The van der Waals surface area contributed by atoms with Crippen LogP contribution in [0.4, 0.5) is 0 Å². The van der Waals surface area contributed by atoms with E-state index in [9.17, 15) is 18.0 Å². The van der Waals surface area contributed by atoms with Crippen LogP contribution in [0.5, 0.6) is 0 Å². The normalized spacial score (nSPS) is 12.0. The first kappa shape index (κ1) is 20.1. The van der Waals surface area contributed by atoms with Crippen molar-refractivity contribution in [2.24, 2.45) is 5.41 Å². The molecule has 9 heteroatoms. The molecule has 8 nitrogen and oxygen atoms in total. The predicted molar refractivity (Wildman–Crippen MR) is 87.3 cm³/mol. The summed E-state index contributed by atoms with van der Waals surface area (Å²) < 4.78 is 31.1. The molecular formula is C15H22N2O6S. The van der Waals surface area contributed by atoms with Gasteiger partial charge in [0.25, 0.3) is 5.91 Å². The highest BCUT2D eigenvalue weighted by Crippen LogP contribution is 2.14. The van der Waals surface area contributed by atoms with Gasteiger partial charge in [0.2, 0.25) is 10.0 Å². The molecule has 24 heavy (non-hydrogen) atoms. The van der Waals surface area contributed by atoms with Crippen molar-refractivity contribution in [3.05, 3.63) is 29.8 Å². The molecular weight excluding hydrogens is 336 g/mol. The van der Waals surface area contributed by atoms with E-state index in [1.54, 1.807) is 0 Å². The Morgan fingerprint density at radius 2 is 1.79 bits per heavy atom. The van der Waals surface area contributed by atoms with Crippen LogP contribution in [0.3, 0.4) is 0 Å². The number of rotatable bonds is 9. The van der Waals surface area contributed by atoms with Gasteiger partial charge in [0.1, 0.15) is 0 Å². The van der Waals surface area contributed by atoms with Gasteiger partial charge in [-0.2, -0.15) is 0 Å². The van der Waals surface area contributed by atoms with Gasteiger partial charge in [-0.25, -0.2) is 13.1 Å². The molecule has 0 aromatic heterocycles. The summed E-state index contributed by atoms with van der Waals surface area (Å²) in [6, 6.07) is 5.36. The van der Waals surface area contributed by atoms with Crippen molar-refractivity contribution in [1.82, 2.24) is 10.0 Å². The molecule has 0 radical (unpaired) electrons. The van der Waals surface area contributed by atoms with E-state index in [4.69, 9.17) is 9.84 Å². The lowest BCUT2D eigenvalue weighted by Gasteiger charge is -2.19. The van der Waals surface area contributed by atoms with Gasteiger partial charge in [-0.05, 0) is 38.1 Å². The van der Waals surface area contributed by atoms with E-state index >= 15 is 0 Å². The number of hydrogen-bond acceptors (Lipinski definition) is 5. The molecule has 0 atom stereocenters. The Hall–Kier alpha value is -1.97. The SMILES string of the molecule is COCCNS(=O)(=O)c1ccc(C(=O)NCC(C)(C)C(=O)O)cc1. The summed E-state index contributed by atoms with van der Waals surface area (Å²) in [6.07, 6.45) is 0. The highest BCUT2D eigenvalue weighted by Gasteiger charge is 2.27. The Labute approximate surface area is 141 Å². The first-order valence-electron chi connectivity index (χ1n) is 7.20. The molecule has 0 unspecified atom stereocenters. The van der Waals surface area contributed by atoms with Crippen LogP contribution >= 0.6 is 0 Å². The number of benzene rings is 1. The predicted octanol–water partition coefficient (Wildman–Crippen LogP) is 0.452. The number of ether oxygens (including phenoxy) is 1. The molecule has 0 aliphatic heterocycles. The molecule has 0 spiro atoms. The van der Waals surface area contributed by atoms with Gasteiger partial charge in [-0.3, -0.25) is 9.59 Å². The van der Waals surface area contributed by atoms with E-state index in [-0.39, 0.29) is 30.2 Å². The molecule has 1 amide bonds. The summed E-state index contributed by atoms with van der Waals surface area (Å²) >= 11 is 0. The third kappa shape index (κ3) is 5.59. The molecule has 0 saturated heterocycles. The maximum Gasteiger partial charge on any atom is 0.310 e. The smallest absolute Gasteiger partial charge is 0.310 e. The van der Waals surface area contributed by atoms with Crippen LogP contribution in [0.2, 0.25) is 0 Å². The summed E-state index contributed by atoms with van der Waals surface area (Å²) in [7, 11) is -2.20. The first-order valence-corrected chi connectivity index (χ1v) is 8.69. The summed E-state index contributed by atoms with van der Waals surface area (Å²) in [5.41, 5.74) is -0.850.